The van der Waals surface area contributed by atoms with Crippen LogP contribution >= 0.6 is 11.3 Å². The molecule has 1 N–H and O–H groups in total. The Kier molecular flexibility index (Phi) is 5.51. The van der Waals surface area contributed by atoms with Gasteiger partial charge in [0, 0.05) is 18.7 Å². The van der Waals surface area contributed by atoms with E-state index in [-0.39, 0.29) is 6.04 Å². The first-order valence-electron chi connectivity index (χ1n) is 6.55. The molecule has 102 valence electrons. The number of benzene rings is 1. The van der Waals surface area contributed by atoms with Crippen LogP contribution in [0.25, 0.3) is 0 Å². The molecule has 1 atom stereocenters. The molecule has 1 aromatic heterocycles. The zero-order chi connectivity index (χ0) is 13.5. The van der Waals surface area contributed by atoms with Crippen molar-refractivity contribution >= 4 is 11.3 Å². The summed E-state index contributed by atoms with van der Waals surface area (Å²) in [5.41, 5.74) is 2.44. The van der Waals surface area contributed by atoms with Crippen molar-refractivity contribution in [3.63, 3.8) is 0 Å². The van der Waals surface area contributed by atoms with Crippen LogP contribution in [0.1, 0.15) is 35.5 Å². The Labute approximate surface area is 118 Å². The third kappa shape index (κ3) is 3.86. The van der Waals surface area contributed by atoms with Crippen molar-refractivity contribution in [2.75, 3.05) is 13.7 Å². The molecule has 0 aliphatic carbocycles. The number of nitrogens with one attached hydrogen (secondary N) is 1. The lowest BCUT2D eigenvalue weighted by atomic mass is 10.0. The van der Waals surface area contributed by atoms with E-state index in [9.17, 15) is 0 Å². The quantitative estimate of drug-likeness (QED) is 0.842. The van der Waals surface area contributed by atoms with Gasteiger partial charge in [0.25, 0.3) is 0 Å². The summed E-state index contributed by atoms with van der Waals surface area (Å²) in [4.78, 5) is 4.45. The minimum Gasteiger partial charge on any atom is -0.380 e. The number of thiazole rings is 1. The lowest BCUT2D eigenvalue weighted by Gasteiger charge is -2.17. The Morgan fingerprint density at radius 3 is 3.00 bits per heavy atom. The summed E-state index contributed by atoms with van der Waals surface area (Å²) in [6.45, 7) is 3.80. The van der Waals surface area contributed by atoms with Crippen molar-refractivity contribution in [1.82, 2.24) is 10.3 Å². The van der Waals surface area contributed by atoms with Gasteiger partial charge in [0.2, 0.25) is 0 Å². The van der Waals surface area contributed by atoms with Crippen LogP contribution in [0.2, 0.25) is 0 Å². The van der Waals surface area contributed by atoms with Gasteiger partial charge in [-0.1, -0.05) is 31.2 Å². The van der Waals surface area contributed by atoms with Crippen LogP contribution in [0.4, 0.5) is 0 Å². The largest absolute Gasteiger partial charge is 0.380 e. The molecule has 0 saturated carbocycles. The average Bonchev–Trinajstić information content (AvgIpc) is 2.94. The zero-order valence-corrected chi connectivity index (χ0v) is 12.2. The van der Waals surface area contributed by atoms with Gasteiger partial charge in [-0.3, -0.25) is 0 Å². The Balaban J connectivity index is 2.24. The summed E-state index contributed by atoms with van der Waals surface area (Å²) >= 11 is 1.69. The highest BCUT2D eigenvalue weighted by Gasteiger charge is 2.15. The highest BCUT2D eigenvalue weighted by Crippen LogP contribution is 2.24. The standard InChI is InChI=1S/C15H20N2OS/c1-3-7-16-14(15-17-8-9-19-15)13-6-4-5-12(10-13)11-18-2/h4-6,8-10,14,16H,3,7,11H2,1-2H3. The van der Waals surface area contributed by atoms with E-state index in [2.05, 4.69) is 41.5 Å². The molecule has 0 aliphatic heterocycles. The first kappa shape index (κ1) is 14.2. The van der Waals surface area contributed by atoms with Gasteiger partial charge in [0.05, 0.1) is 12.6 Å². The molecule has 0 amide bonds. The summed E-state index contributed by atoms with van der Waals surface area (Å²) in [7, 11) is 1.72. The highest BCUT2D eigenvalue weighted by atomic mass is 32.1. The summed E-state index contributed by atoms with van der Waals surface area (Å²) < 4.78 is 5.20. The van der Waals surface area contributed by atoms with E-state index < -0.39 is 0 Å². The molecule has 1 aromatic carbocycles. The lowest BCUT2D eigenvalue weighted by molar-refractivity contribution is 0.185. The molecule has 1 unspecified atom stereocenters. The minimum absolute atomic E-state index is 0.178. The number of methoxy groups -OCH3 is 1. The van der Waals surface area contributed by atoms with Crippen LogP contribution in [-0.4, -0.2) is 18.6 Å². The van der Waals surface area contributed by atoms with Gasteiger partial charge in [-0.05, 0) is 24.1 Å². The highest BCUT2D eigenvalue weighted by molar-refractivity contribution is 7.09. The molecular weight excluding hydrogens is 256 g/mol. The topological polar surface area (TPSA) is 34.1 Å². The monoisotopic (exact) mass is 276 g/mol. The Morgan fingerprint density at radius 2 is 2.32 bits per heavy atom. The fourth-order valence-electron chi connectivity index (χ4n) is 2.04. The number of hydrogen-bond donors (Lipinski definition) is 1. The van der Waals surface area contributed by atoms with Gasteiger partial charge in [0.15, 0.2) is 0 Å². The van der Waals surface area contributed by atoms with E-state index in [0.29, 0.717) is 6.61 Å². The predicted octanol–water partition coefficient (Wildman–Crippen LogP) is 3.38. The van der Waals surface area contributed by atoms with Crippen molar-refractivity contribution in [1.29, 1.82) is 0 Å². The van der Waals surface area contributed by atoms with Crippen LogP contribution in [0.15, 0.2) is 35.8 Å². The lowest BCUT2D eigenvalue weighted by Crippen LogP contribution is -2.23. The maximum Gasteiger partial charge on any atom is 0.114 e. The second-order valence-electron chi connectivity index (χ2n) is 4.44. The molecule has 0 bridgehead atoms. The molecule has 4 heteroatoms. The normalized spacial score (nSPS) is 12.5. The minimum atomic E-state index is 0.178. The van der Waals surface area contributed by atoms with Crippen LogP contribution in [0, 0.1) is 0 Å². The van der Waals surface area contributed by atoms with Crippen molar-refractivity contribution < 1.29 is 4.74 Å². The van der Waals surface area contributed by atoms with Crippen molar-refractivity contribution in [2.45, 2.75) is 26.0 Å². The van der Waals surface area contributed by atoms with Crippen LogP contribution in [0.3, 0.4) is 0 Å². The second kappa shape index (κ2) is 7.38. The fraction of sp³-hybridized carbons (Fsp3) is 0.400. The average molecular weight is 276 g/mol. The predicted molar refractivity (Wildman–Crippen MR) is 79.4 cm³/mol. The van der Waals surface area contributed by atoms with Gasteiger partial charge in [-0.15, -0.1) is 11.3 Å². The Bertz CT molecular complexity index is 485. The summed E-state index contributed by atoms with van der Waals surface area (Å²) in [6, 6.07) is 8.69. The molecule has 2 aromatic rings. The molecule has 0 fully saturated rings. The molecule has 0 radical (unpaired) electrons. The maximum absolute atomic E-state index is 5.20. The number of rotatable bonds is 7. The van der Waals surface area contributed by atoms with Gasteiger partial charge in [-0.25, -0.2) is 4.98 Å². The molecular formula is C15H20N2OS. The second-order valence-corrected chi connectivity index (χ2v) is 5.36. The zero-order valence-electron chi connectivity index (χ0n) is 11.4. The van der Waals surface area contributed by atoms with Gasteiger partial charge < -0.3 is 10.1 Å². The van der Waals surface area contributed by atoms with E-state index in [1.54, 1.807) is 18.4 Å². The molecule has 1 heterocycles. The Morgan fingerprint density at radius 1 is 1.42 bits per heavy atom. The molecule has 0 spiro atoms. The first-order chi connectivity index (χ1) is 9.35. The Hall–Kier alpha value is -1.23. The summed E-state index contributed by atoms with van der Waals surface area (Å²) in [6.07, 6.45) is 2.97. The van der Waals surface area contributed by atoms with E-state index in [4.69, 9.17) is 4.74 Å². The summed E-state index contributed by atoms with van der Waals surface area (Å²) in [5.74, 6) is 0. The van der Waals surface area contributed by atoms with E-state index >= 15 is 0 Å². The first-order valence-corrected chi connectivity index (χ1v) is 7.43. The number of hydrogen-bond acceptors (Lipinski definition) is 4. The van der Waals surface area contributed by atoms with Gasteiger partial charge in [0.1, 0.15) is 5.01 Å². The van der Waals surface area contributed by atoms with Crippen molar-refractivity contribution in [2.24, 2.45) is 0 Å². The molecule has 19 heavy (non-hydrogen) atoms. The molecule has 3 nitrogen and oxygen atoms in total. The fourth-order valence-corrected chi connectivity index (χ4v) is 2.78. The van der Waals surface area contributed by atoms with E-state index in [1.165, 1.54) is 11.1 Å². The van der Waals surface area contributed by atoms with Crippen LogP contribution in [-0.2, 0) is 11.3 Å². The third-order valence-electron chi connectivity index (χ3n) is 2.89. The van der Waals surface area contributed by atoms with Crippen LogP contribution < -0.4 is 5.32 Å². The SMILES string of the molecule is CCCNC(c1cccc(COC)c1)c1nccs1. The van der Waals surface area contributed by atoms with Crippen molar-refractivity contribution in [3.8, 4) is 0 Å². The van der Waals surface area contributed by atoms with E-state index in [0.717, 1.165) is 18.0 Å². The van der Waals surface area contributed by atoms with Crippen molar-refractivity contribution in [3.05, 3.63) is 52.0 Å². The summed E-state index contributed by atoms with van der Waals surface area (Å²) in [5, 5.41) is 6.70. The number of ether oxygens (including phenoxy) is 1. The molecule has 0 saturated heterocycles. The number of aromatic nitrogens is 1. The van der Waals surface area contributed by atoms with E-state index in [1.807, 2.05) is 11.6 Å². The smallest absolute Gasteiger partial charge is 0.114 e. The molecule has 0 aliphatic rings. The van der Waals surface area contributed by atoms with Gasteiger partial charge >= 0.3 is 0 Å². The van der Waals surface area contributed by atoms with Gasteiger partial charge in [-0.2, -0.15) is 0 Å². The number of nitrogens with zero attached hydrogens (tertiary/aromatic N) is 1. The maximum atomic E-state index is 5.20. The molecule has 2 rings (SSSR count). The third-order valence-corrected chi connectivity index (χ3v) is 3.73. The van der Waals surface area contributed by atoms with Crippen LogP contribution in [0.5, 0.6) is 0 Å².